The van der Waals surface area contributed by atoms with Crippen LogP contribution in [0.5, 0.6) is 0 Å². The first-order chi connectivity index (χ1) is 13.9. The molecular formula is C20H24N6O2S. The maximum atomic E-state index is 13.1. The van der Waals surface area contributed by atoms with Gasteiger partial charge in [-0.3, -0.25) is 14.2 Å². The van der Waals surface area contributed by atoms with E-state index < -0.39 is 0 Å². The number of amides is 1. The van der Waals surface area contributed by atoms with Gasteiger partial charge in [0, 0.05) is 25.3 Å². The third-order valence-corrected chi connectivity index (χ3v) is 6.02. The van der Waals surface area contributed by atoms with E-state index >= 15 is 0 Å². The van der Waals surface area contributed by atoms with Crippen molar-refractivity contribution in [1.82, 2.24) is 29.5 Å². The fourth-order valence-electron chi connectivity index (χ4n) is 3.43. The molecule has 0 bridgehead atoms. The number of hydrogen-bond donors (Lipinski definition) is 1. The van der Waals surface area contributed by atoms with E-state index in [1.807, 2.05) is 50.2 Å². The van der Waals surface area contributed by atoms with Crippen molar-refractivity contribution in [1.29, 1.82) is 0 Å². The number of aryl methyl sites for hydroxylation is 1. The summed E-state index contributed by atoms with van der Waals surface area (Å²) in [5.74, 6) is 0.612. The number of aromatic nitrogens is 4. The van der Waals surface area contributed by atoms with E-state index in [1.165, 1.54) is 11.8 Å². The summed E-state index contributed by atoms with van der Waals surface area (Å²) in [6.07, 6.45) is 1.84. The quantitative estimate of drug-likeness (QED) is 0.619. The summed E-state index contributed by atoms with van der Waals surface area (Å²) < 4.78 is 3.35. The SMILES string of the molecule is Cc1cccc(-n2ncc3c(=O)n4c(nc32)SCC4CC(=O)NCCN(C)C)c1. The summed E-state index contributed by atoms with van der Waals surface area (Å²) in [5.41, 5.74) is 2.39. The van der Waals surface area contributed by atoms with E-state index in [0.29, 0.717) is 28.5 Å². The molecule has 1 aromatic carbocycles. The number of thioether (sulfide) groups is 1. The van der Waals surface area contributed by atoms with E-state index in [9.17, 15) is 9.59 Å². The minimum Gasteiger partial charge on any atom is -0.355 e. The molecule has 1 aliphatic rings. The highest BCUT2D eigenvalue weighted by Crippen LogP contribution is 2.33. The van der Waals surface area contributed by atoms with Gasteiger partial charge in [-0.1, -0.05) is 23.9 Å². The Labute approximate surface area is 172 Å². The van der Waals surface area contributed by atoms with Crippen molar-refractivity contribution in [2.75, 3.05) is 32.9 Å². The maximum absolute atomic E-state index is 13.1. The highest BCUT2D eigenvalue weighted by atomic mass is 32.2. The number of hydrogen-bond acceptors (Lipinski definition) is 6. The lowest BCUT2D eigenvalue weighted by Crippen LogP contribution is -2.34. The van der Waals surface area contributed by atoms with Gasteiger partial charge in [0.25, 0.3) is 5.56 Å². The molecule has 152 valence electrons. The molecule has 0 radical (unpaired) electrons. The molecule has 3 heterocycles. The molecule has 9 heteroatoms. The van der Waals surface area contributed by atoms with Gasteiger partial charge >= 0.3 is 0 Å². The Bertz CT molecular complexity index is 1120. The highest BCUT2D eigenvalue weighted by Gasteiger charge is 2.29. The zero-order chi connectivity index (χ0) is 20.5. The number of fused-ring (bicyclic) bond motifs is 2. The molecule has 0 saturated heterocycles. The Morgan fingerprint density at radius 2 is 2.21 bits per heavy atom. The topological polar surface area (TPSA) is 85.0 Å². The molecule has 0 aliphatic carbocycles. The maximum Gasteiger partial charge on any atom is 0.265 e. The van der Waals surface area contributed by atoms with Crippen molar-refractivity contribution < 1.29 is 4.79 Å². The standard InChI is InChI=1S/C20H24N6O2S/c1-13-5-4-6-14(9-13)26-18-16(11-22-26)19(28)25-15(12-29-20(25)23-18)10-17(27)21-7-8-24(2)3/h4-6,9,11,15H,7-8,10,12H2,1-3H3,(H,21,27). The van der Waals surface area contributed by atoms with Crippen molar-refractivity contribution in [3.8, 4) is 5.69 Å². The lowest BCUT2D eigenvalue weighted by molar-refractivity contribution is -0.121. The van der Waals surface area contributed by atoms with E-state index in [4.69, 9.17) is 4.98 Å². The van der Waals surface area contributed by atoms with Gasteiger partial charge in [0.1, 0.15) is 5.39 Å². The minimum absolute atomic E-state index is 0.0484. The number of benzene rings is 1. The van der Waals surface area contributed by atoms with Crippen LogP contribution in [0.1, 0.15) is 18.0 Å². The van der Waals surface area contributed by atoms with Crippen LogP contribution in [0.3, 0.4) is 0 Å². The third kappa shape index (κ3) is 3.92. The summed E-state index contributed by atoms with van der Waals surface area (Å²) in [7, 11) is 3.92. The lowest BCUT2D eigenvalue weighted by atomic mass is 10.2. The number of carbonyl (C=O) groups is 1. The van der Waals surface area contributed by atoms with Crippen LogP contribution in [0.15, 0.2) is 40.4 Å². The summed E-state index contributed by atoms with van der Waals surface area (Å²) in [5, 5.41) is 8.43. The number of rotatable bonds is 6. The second-order valence-electron chi connectivity index (χ2n) is 7.52. The summed E-state index contributed by atoms with van der Waals surface area (Å²) in [6, 6.07) is 7.73. The van der Waals surface area contributed by atoms with Crippen molar-refractivity contribution in [2.24, 2.45) is 0 Å². The van der Waals surface area contributed by atoms with E-state index in [1.54, 1.807) is 15.4 Å². The normalized spacial score (nSPS) is 15.8. The van der Waals surface area contributed by atoms with Gasteiger partial charge in [0.05, 0.1) is 17.9 Å². The second kappa shape index (κ2) is 8.00. The number of carbonyl (C=O) groups excluding carboxylic acids is 1. The minimum atomic E-state index is -0.193. The molecule has 3 aromatic rings. The zero-order valence-electron chi connectivity index (χ0n) is 16.8. The van der Waals surface area contributed by atoms with Gasteiger partial charge in [-0.2, -0.15) is 5.10 Å². The molecule has 1 N–H and O–H groups in total. The van der Waals surface area contributed by atoms with Crippen LogP contribution in [0.2, 0.25) is 0 Å². The van der Waals surface area contributed by atoms with Gasteiger partial charge < -0.3 is 10.2 Å². The molecule has 0 saturated carbocycles. The molecule has 4 rings (SSSR count). The second-order valence-corrected chi connectivity index (χ2v) is 8.51. The average molecular weight is 413 g/mol. The van der Waals surface area contributed by atoms with Crippen LogP contribution in [0.4, 0.5) is 0 Å². The monoisotopic (exact) mass is 412 g/mol. The average Bonchev–Trinajstić information content (AvgIpc) is 3.26. The van der Waals surface area contributed by atoms with Crippen molar-refractivity contribution >= 4 is 28.7 Å². The Hall–Kier alpha value is -2.65. The molecule has 8 nitrogen and oxygen atoms in total. The Balaban J connectivity index is 1.62. The molecule has 29 heavy (non-hydrogen) atoms. The molecule has 0 fully saturated rings. The molecular weight excluding hydrogens is 388 g/mol. The molecule has 2 aromatic heterocycles. The molecule has 1 unspecified atom stereocenters. The van der Waals surface area contributed by atoms with E-state index in [2.05, 4.69) is 10.4 Å². The van der Waals surface area contributed by atoms with Crippen LogP contribution < -0.4 is 10.9 Å². The van der Waals surface area contributed by atoms with Gasteiger partial charge in [-0.15, -0.1) is 0 Å². The third-order valence-electron chi connectivity index (χ3n) is 4.92. The highest BCUT2D eigenvalue weighted by molar-refractivity contribution is 7.99. The Morgan fingerprint density at radius 3 is 2.97 bits per heavy atom. The fourth-order valence-corrected chi connectivity index (χ4v) is 4.57. The van der Waals surface area contributed by atoms with E-state index in [-0.39, 0.29) is 23.9 Å². The van der Waals surface area contributed by atoms with Crippen molar-refractivity contribution in [3.63, 3.8) is 0 Å². The van der Waals surface area contributed by atoms with Gasteiger partial charge in [0.2, 0.25) is 5.91 Å². The van der Waals surface area contributed by atoms with Gasteiger partial charge in [-0.25, -0.2) is 9.67 Å². The number of likely N-dealkylation sites (N-methyl/N-ethyl adjacent to an activating group) is 1. The van der Waals surface area contributed by atoms with Crippen molar-refractivity contribution in [3.05, 3.63) is 46.4 Å². The van der Waals surface area contributed by atoms with Crippen LogP contribution in [-0.2, 0) is 4.79 Å². The molecule has 1 amide bonds. The lowest BCUT2D eigenvalue weighted by Gasteiger charge is -2.14. The van der Waals surface area contributed by atoms with Crippen LogP contribution in [0.25, 0.3) is 16.7 Å². The first kappa shape index (κ1) is 19.7. The van der Waals surface area contributed by atoms with Crippen LogP contribution in [0, 0.1) is 6.92 Å². The molecule has 1 atom stereocenters. The smallest absolute Gasteiger partial charge is 0.265 e. The predicted molar refractivity (Wildman–Crippen MR) is 114 cm³/mol. The Kier molecular flexibility index (Phi) is 5.42. The van der Waals surface area contributed by atoms with Gasteiger partial charge in [0.15, 0.2) is 10.8 Å². The number of nitrogens with one attached hydrogen (secondary N) is 1. The molecule has 0 spiro atoms. The largest absolute Gasteiger partial charge is 0.355 e. The predicted octanol–water partition coefficient (Wildman–Crippen LogP) is 1.61. The first-order valence-electron chi connectivity index (χ1n) is 9.55. The zero-order valence-corrected chi connectivity index (χ0v) is 17.6. The summed E-state index contributed by atoms with van der Waals surface area (Å²) in [6.45, 7) is 3.38. The Morgan fingerprint density at radius 1 is 1.38 bits per heavy atom. The fraction of sp³-hybridized carbons (Fsp3) is 0.400. The van der Waals surface area contributed by atoms with Crippen LogP contribution >= 0.6 is 11.8 Å². The van der Waals surface area contributed by atoms with Gasteiger partial charge in [-0.05, 0) is 38.7 Å². The summed E-state index contributed by atoms with van der Waals surface area (Å²) in [4.78, 5) is 32.2. The number of nitrogens with zero attached hydrogens (tertiary/aromatic N) is 5. The first-order valence-corrected chi connectivity index (χ1v) is 10.5. The van der Waals surface area contributed by atoms with Crippen LogP contribution in [-0.4, -0.2) is 63.1 Å². The van der Waals surface area contributed by atoms with E-state index in [0.717, 1.165) is 17.8 Å². The molecule has 1 aliphatic heterocycles. The van der Waals surface area contributed by atoms with Crippen molar-refractivity contribution in [2.45, 2.75) is 24.5 Å². The summed E-state index contributed by atoms with van der Waals surface area (Å²) >= 11 is 1.51.